The van der Waals surface area contributed by atoms with Gasteiger partial charge in [-0.15, -0.1) is 0 Å². The first-order valence-corrected chi connectivity index (χ1v) is 18.8. The fourth-order valence-electron chi connectivity index (χ4n) is 9.14. The number of fused-ring (bicyclic) bond motifs is 15. The van der Waals surface area contributed by atoms with Gasteiger partial charge < -0.3 is 13.4 Å². The van der Waals surface area contributed by atoms with Gasteiger partial charge >= 0.3 is 0 Å². The molecule has 0 aliphatic heterocycles. The smallest absolute Gasteiger partial charge is 0.197 e. The van der Waals surface area contributed by atoms with Gasteiger partial charge in [-0.3, -0.25) is 4.57 Å². The second-order valence-corrected chi connectivity index (χ2v) is 14.5. The average molecular weight is 717 g/mol. The van der Waals surface area contributed by atoms with E-state index in [4.69, 9.17) is 18.8 Å². The Bertz CT molecular complexity index is 3770. The van der Waals surface area contributed by atoms with E-state index in [2.05, 4.69) is 161 Å². The van der Waals surface area contributed by atoms with Crippen LogP contribution in [-0.4, -0.2) is 19.1 Å². The summed E-state index contributed by atoms with van der Waals surface area (Å²) in [4.78, 5) is 10.8. The van der Waals surface area contributed by atoms with Gasteiger partial charge in [-0.1, -0.05) is 109 Å². The number of hydrogen-bond acceptors (Lipinski definition) is 4. The number of benzene rings is 8. The van der Waals surface area contributed by atoms with Gasteiger partial charge in [-0.05, 0) is 71.4 Å². The van der Waals surface area contributed by atoms with Crippen LogP contribution < -0.4 is 0 Å². The van der Waals surface area contributed by atoms with E-state index < -0.39 is 0 Å². The Morgan fingerprint density at radius 3 is 1.84 bits per heavy atom. The Morgan fingerprint density at radius 1 is 0.393 bits per heavy atom. The summed E-state index contributed by atoms with van der Waals surface area (Å²) < 4.78 is 17.9. The lowest BCUT2D eigenvalue weighted by molar-refractivity contribution is 0.662. The number of rotatable bonds is 3. The number of hydrogen-bond donors (Lipinski definition) is 0. The standard InChI is InChI=1S/C50H28N4O2/c1-2-13-31(14-3-1)53-37-19-9-6-17-35(37)44-39(53)25-26-40-45(44)36-18-7-10-20-38(36)54(40)50-48-47(46-32-15-5-4-12-29(32)23-27-42(46)56-48)51-49(52-50)30-22-24-34-33-16-8-11-21-41(33)55-43(34)28-30/h1-28H. The molecule has 0 bridgehead atoms. The van der Waals surface area contributed by atoms with Gasteiger partial charge in [0.05, 0.1) is 27.5 Å². The van der Waals surface area contributed by atoms with E-state index in [1.165, 1.54) is 16.2 Å². The van der Waals surface area contributed by atoms with Gasteiger partial charge in [0.15, 0.2) is 17.2 Å². The molecule has 0 amide bonds. The molecule has 8 aromatic carbocycles. The van der Waals surface area contributed by atoms with Crippen molar-refractivity contribution in [2.24, 2.45) is 0 Å². The van der Waals surface area contributed by atoms with Crippen LogP contribution >= 0.6 is 0 Å². The molecule has 0 radical (unpaired) electrons. The monoisotopic (exact) mass is 716 g/mol. The second kappa shape index (κ2) is 10.9. The van der Waals surface area contributed by atoms with Crippen LogP contribution in [0, 0.1) is 0 Å². The molecule has 13 aromatic rings. The summed E-state index contributed by atoms with van der Waals surface area (Å²) in [6.45, 7) is 0. The Morgan fingerprint density at radius 2 is 1.04 bits per heavy atom. The summed E-state index contributed by atoms with van der Waals surface area (Å²) in [6, 6.07) is 59.5. The largest absolute Gasteiger partial charge is 0.456 e. The highest BCUT2D eigenvalue weighted by Crippen LogP contribution is 2.44. The summed E-state index contributed by atoms with van der Waals surface area (Å²) in [5.74, 6) is 1.28. The van der Waals surface area contributed by atoms with Gasteiger partial charge in [0.25, 0.3) is 0 Å². The Labute approximate surface area is 318 Å². The van der Waals surface area contributed by atoms with Gasteiger partial charge in [0.2, 0.25) is 0 Å². The molecule has 0 atom stereocenters. The average Bonchev–Trinajstić information content (AvgIpc) is 4.01. The highest BCUT2D eigenvalue weighted by atomic mass is 16.3. The quantitative estimate of drug-likeness (QED) is 0.183. The van der Waals surface area contributed by atoms with Crippen LogP contribution in [0.1, 0.15) is 0 Å². The number of para-hydroxylation sites is 4. The van der Waals surface area contributed by atoms with E-state index >= 15 is 0 Å². The number of aromatic nitrogens is 4. The predicted molar refractivity (Wildman–Crippen MR) is 228 cm³/mol. The fraction of sp³-hybridized carbons (Fsp3) is 0. The van der Waals surface area contributed by atoms with Crippen LogP contribution in [0.2, 0.25) is 0 Å². The van der Waals surface area contributed by atoms with Crippen LogP contribution in [-0.2, 0) is 0 Å². The normalized spacial score (nSPS) is 12.3. The maximum atomic E-state index is 6.87. The zero-order valence-corrected chi connectivity index (χ0v) is 29.8. The van der Waals surface area contributed by atoms with E-state index in [0.717, 1.165) is 87.9 Å². The minimum Gasteiger partial charge on any atom is -0.456 e. The summed E-state index contributed by atoms with van der Waals surface area (Å²) in [5, 5.41) is 10.0. The van der Waals surface area contributed by atoms with E-state index in [1.54, 1.807) is 0 Å². The lowest BCUT2D eigenvalue weighted by atomic mass is 10.1. The number of nitrogens with zero attached hydrogens (tertiary/aromatic N) is 4. The maximum Gasteiger partial charge on any atom is 0.197 e. The molecule has 13 rings (SSSR count). The first-order valence-electron chi connectivity index (χ1n) is 18.8. The predicted octanol–water partition coefficient (Wildman–Crippen LogP) is 13.3. The topological polar surface area (TPSA) is 61.9 Å². The minimum absolute atomic E-state index is 0.596. The zero-order chi connectivity index (χ0) is 36.5. The summed E-state index contributed by atoms with van der Waals surface area (Å²) in [7, 11) is 0. The van der Waals surface area contributed by atoms with Gasteiger partial charge in [-0.2, -0.15) is 0 Å². The molecule has 0 N–H and O–H groups in total. The molecule has 6 heteroatoms. The summed E-state index contributed by atoms with van der Waals surface area (Å²) >= 11 is 0. The molecule has 5 heterocycles. The van der Waals surface area contributed by atoms with Crippen molar-refractivity contribution in [2.75, 3.05) is 0 Å². The van der Waals surface area contributed by atoms with Crippen molar-refractivity contribution < 1.29 is 8.83 Å². The molecular formula is C50H28N4O2. The van der Waals surface area contributed by atoms with Crippen LogP contribution in [0.3, 0.4) is 0 Å². The molecule has 0 unspecified atom stereocenters. The van der Waals surface area contributed by atoms with Crippen LogP contribution in [0.15, 0.2) is 179 Å². The van der Waals surface area contributed by atoms with E-state index in [9.17, 15) is 0 Å². The SMILES string of the molecule is c1ccc(-n2c3ccccc3c3c4c5ccccc5n(-c5nc(-c6ccc7c(c6)oc6ccccc67)nc6c5oc5ccc7ccccc7c56)c4ccc32)cc1. The Hall–Kier alpha value is -7.70. The Kier molecular flexibility index (Phi) is 5.80. The van der Waals surface area contributed by atoms with E-state index in [0.29, 0.717) is 17.2 Å². The minimum atomic E-state index is 0.596. The lowest BCUT2D eigenvalue weighted by Crippen LogP contribution is -2.02. The van der Waals surface area contributed by atoms with E-state index in [-0.39, 0.29) is 0 Å². The molecule has 260 valence electrons. The van der Waals surface area contributed by atoms with Crippen molar-refractivity contribution in [3.05, 3.63) is 170 Å². The third-order valence-electron chi connectivity index (χ3n) is 11.5. The van der Waals surface area contributed by atoms with Crippen molar-refractivity contribution in [1.29, 1.82) is 0 Å². The first kappa shape index (κ1) is 29.7. The first-order chi connectivity index (χ1) is 27.8. The van der Waals surface area contributed by atoms with Crippen molar-refractivity contribution >= 4 is 98.4 Å². The highest BCUT2D eigenvalue weighted by Gasteiger charge is 2.25. The van der Waals surface area contributed by atoms with Gasteiger partial charge in [-0.25, -0.2) is 9.97 Å². The highest BCUT2D eigenvalue weighted by molar-refractivity contribution is 6.29. The maximum absolute atomic E-state index is 6.87. The van der Waals surface area contributed by atoms with Crippen molar-refractivity contribution in [3.8, 4) is 22.9 Å². The van der Waals surface area contributed by atoms with Crippen molar-refractivity contribution in [3.63, 3.8) is 0 Å². The van der Waals surface area contributed by atoms with Gasteiger partial charge in [0.1, 0.15) is 22.3 Å². The van der Waals surface area contributed by atoms with E-state index in [1.807, 2.05) is 18.2 Å². The molecule has 56 heavy (non-hydrogen) atoms. The summed E-state index contributed by atoms with van der Waals surface area (Å²) in [6.07, 6.45) is 0. The molecule has 6 nitrogen and oxygen atoms in total. The third kappa shape index (κ3) is 3.94. The Balaban J connectivity index is 1.18. The third-order valence-corrected chi connectivity index (χ3v) is 11.5. The molecule has 0 saturated carbocycles. The molecule has 0 saturated heterocycles. The fourth-order valence-corrected chi connectivity index (χ4v) is 9.14. The molecule has 0 aliphatic carbocycles. The summed E-state index contributed by atoms with van der Waals surface area (Å²) in [5.41, 5.74) is 10.2. The van der Waals surface area contributed by atoms with Crippen molar-refractivity contribution in [2.45, 2.75) is 0 Å². The van der Waals surface area contributed by atoms with Crippen LogP contribution in [0.4, 0.5) is 0 Å². The molecule has 0 aliphatic rings. The second-order valence-electron chi connectivity index (χ2n) is 14.5. The zero-order valence-electron chi connectivity index (χ0n) is 29.8. The van der Waals surface area contributed by atoms with Crippen molar-refractivity contribution in [1.82, 2.24) is 19.1 Å². The molecule has 0 spiro atoms. The number of furan rings is 2. The van der Waals surface area contributed by atoms with Crippen LogP contribution in [0.25, 0.3) is 121 Å². The molecule has 5 aromatic heterocycles. The van der Waals surface area contributed by atoms with Gasteiger partial charge in [0, 0.05) is 43.6 Å². The molecular weight excluding hydrogens is 689 g/mol. The van der Waals surface area contributed by atoms with Crippen LogP contribution in [0.5, 0.6) is 0 Å². The lowest BCUT2D eigenvalue weighted by Gasteiger charge is -2.10. The molecule has 0 fully saturated rings.